The highest BCUT2D eigenvalue weighted by molar-refractivity contribution is 5.93. The van der Waals surface area contributed by atoms with Gasteiger partial charge >= 0.3 is 0 Å². The molecule has 0 spiro atoms. The fraction of sp³-hybridized carbons (Fsp3) is 0.467. The second-order valence-electron chi connectivity index (χ2n) is 4.54. The molecule has 5 heteroatoms. The largest absolute Gasteiger partial charge is 0.497 e. The summed E-state index contributed by atoms with van der Waals surface area (Å²) in [5.41, 5.74) is 0.621. The van der Waals surface area contributed by atoms with Gasteiger partial charge in [-0.25, -0.2) is 0 Å². The molecule has 0 saturated heterocycles. The number of carbonyl (C=O) groups excluding carboxylic acids is 2. The molecule has 110 valence electrons. The van der Waals surface area contributed by atoms with E-state index in [2.05, 4.69) is 5.32 Å². The van der Waals surface area contributed by atoms with E-state index >= 15 is 0 Å². The van der Waals surface area contributed by atoms with Crippen LogP contribution in [0.3, 0.4) is 0 Å². The molecule has 0 radical (unpaired) electrons. The van der Waals surface area contributed by atoms with E-state index in [9.17, 15) is 14.7 Å². The maximum atomic E-state index is 11.7. The lowest BCUT2D eigenvalue weighted by Crippen LogP contribution is -2.27. The van der Waals surface area contributed by atoms with Crippen LogP contribution in [0.5, 0.6) is 5.75 Å². The minimum atomic E-state index is -1.02. The molecule has 0 saturated carbocycles. The minimum absolute atomic E-state index is 0.404. The number of hydrogen-bond acceptors (Lipinski definition) is 4. The van der Waals surface area contributed by atoms with Gasteiger partial charge in [-0.2, -0.15) is 0 Å². The molecule has 20 heavy (non-hydrogen) atoms. The van der Waals surface area contributed by atoms with Crippen LogP contribution < -0.4 is 10.1 Å². The van der Waals surface area contributed by atoms with Crippen molar-refractivity contribution in [3.8, 4) is 5.75 Å². The molecular weight excluding hydrogens is 258 g/mol. The number of unbranched alkanes of at least 4 members (excludes halogenated alkanes) is 3. The lowest BCUT2D eigenvalue weighted by Gasteiger charge is -2.11. The molecule has 1 unspecified atom stereocenters. The molecule has 0 bridgehead atoms. The van der Waals surface area contributed by atoms with Crippen LogP contribution in [-0.4, -0.2) is 30.5 Å². The quantitative estimate of drug-likeness (QED) is 0.536. The number of carbonyl (C=O) groups is 2. The molecule has 5 nitrogen and oxygen atoms in total. The highest BCUT2D eigenvalue weighted by atomic mass is 16.5. The number of nitrogens with one attached hydrogen (secondary N) is 1. The summed E-state index contributed by atoms with van der Waals surface area (Å²) in [7, 11) is 1.57. The van der Waals surface area contributed by atoms with Crippen molar-refractivity contribution in [2.45, 2.75) is 38.2 Å². The third-order valence-electron chi connectivity index (χ3n) is 2.96. The van der Waals surface area contributed by atoms with E-state index in [-0.39, 0.29) is 0 Å². The van der Waals surface area contributed by atoms with Crippen LogP contribution in [0.4, 0.5) is 5.69 Å². The molecule has 0 aromatic heterocycles. The van der Waals surface area contributed by atoms with Crippen LogP contribution in [0.1, 0.15) is 32.1 Å². The van der Waals surface area contributed by atoms with Gasteiger partial charge in [0.2, 0.25) is 0 Å². The SMILES string of the molecule is COc1ccc(NC(=O)C(O)CCCCCC=O)cc1. The van der Waals surface area contributed by atoms with Gasteiger partial charge in [0.15, 0.2) is 0 Å². The van der Waals surface area contributed by atoms with Gasteiger partial charge in [-0.15, -0.1) is 0 Å². The molecule has 1 amide bonds. The van der Waals surface area contributed by atoms with Crippen molar-refractivity contribution >= 4 is 17.9 Å². The Balaban J connectivity index is 2.31. The number of hydrogen-bond donors (Lipinski definition) is 2. The zero-order valence-electron chi connectivity index (χ0n) is 11.7. The number of aldehydes is 1. The molecule has 0 fully saturated rings. The summed E-state index contributed by atoms with van der Waals surface area (Å²) in [4.78, 5) is 21.9. The summed E-state index contributed by atoms with van der Waals surface area (Å²) in [6.45, 7) is 0. The Morgan fingerprint density at radius 2 is 2.00 bits per heavy atom. The summed E-state index contributed by atoms with van der Waals surface area (Å²) in [5.74, 6) is 0.296. The van der Waals surface area contributed by atoms with Crippen LogP contribution in [-0.2, 0) is 9.59 Å². The minimum Gasteiger partial charge on any atom is -0.497 e. The summed E-state index contributed by atoms with van der Waals surface area (Å²) < 4.78 is 5.02. The van der Waals surface area contributed by atoms with E-state index in [0.717, 1.165) is 25.5 Å². The van der Waals surface area contributed by atoms with Gasteiger partial charge in [-0.3, -0.25) is 4.79 Å². The molecule has 1 atom stereocenters. The molecule has 0 heterocycles. The monoisotopic (exact) mass is 279 g/mol. The van der Waals surface area contributed by atoms with Crippen molar-refractivity contribution in [2.75, 3.05) is 12.4 Å². The summed E-state index contributed by atoms with van der Waals surface area (Å²) in [6, 6.07) is 6.91. The van der Waals surface area contributed by atoms with Gasteiger partial charge in [0.05, 0.1) is 7.11 Å². The van der Waals surface area contributed by atoms with E-state index in [4.69, 9.17) is 4.74 Å². The molecule has 1 aromatic rings. The maximum Gasteiger partial charge on any atom is 0.253 e. The Bertz CT molecular complexity index is 416. The van der Waals surface area contributed by atoms with Gasteiger partial charge < -0.3 is 20.0 Å². The summed E-state index contributed by atoms with van der Waals surface area (Å²) in [5, 5.41) is 12.4. The normalized spacial score (nSPS) is 11.7. The first-order valence-electron chi connectivity index (χ1n) is 6.74. The highest BCUT2D eigenvalue weighted by Gasteiger charge is 2.14. The predicted molar refractivity (Wildman–Crippen MR) is 76.8 cm³/mol. The average molecular weight is 279 g/mol. The molecule has 0 aliphatic carbocycles. The number of aliphatic hydroxyl groups excluding tert-OH is 1. The predicted octanol–water partition coefficient (Wildman–Crippen LogP) is 2.14. The Hall–Kier alpha value is -1.88. The van der Waals surface area contributed by atoms with Crippen molar-refractivity contribution in [1.82, 2.24) is 0 Å². The number of amides is 1. The number of anilines is 1. The van der Waals surface area contributed by atoms with Gasteiger partial charge in [0.25, 0.3) is 5.91 Å². The first-order valence-corrected chi connectivity index (χ1v) is 6.74. The second-order valence-corrected chi connectivity index (χ2v) is 4.54. The van der Waals surface area contributed by atoms with E-state index < -0.39 is 12.0 Å². The molecule has 0 aliphatic heterocycles. The highest BCUT2D eigenvalue weighted by Crippen LogP contribution is 2.15. The Morgan fingerprint density at radius 3 is 2.60 bits per heavy atom. The smallest absolute Gasteiger partial charge is 0.253 e. The van der Waals surface area contributed by atoms with Crippen molar-refractivity contribution < 1.29 is 19.4 Å². The standard InChI is InChI=1S/C15H21NO4/c1-20-13-9-7-12(8-10-13)16-15(19)14(18)6-4-2-3-5-11-17/h7-11,14,18H,2-6H2,1H3,(H,16,19). The van der Waals surface area contributed by atoms with Crippen molar-refractivity contribution in [3.05, 3.63) is 24.3 Å². The van der Waals surface area contributed by atoms with Crippen LogP contribution in [0.25, 0.3) is 0 Å². The van der Waals surface area contributed by atoms with Crippen molar-refractivity contribution in [2.24, 2.45) is 0 Å². The lowest BCUT2D eigenvalue weighted by atomic mass is 10.1. The summed E-state index contributed by atoms with van der Waals surface area (Å²) in [6.07, 6.45) is 3.17. The molecular formula is C15H21NO4. The topological polar surface area (TPSA) is 75.6 Å². The van der Waals surface area contributed by atoms with E-state index in [1.165, 1.54) is 0 Å². The van der Waals surface area contributed by atoms with Crippen LogP contribution in [0, 0.1) is 0 Å². The van der Waals surface area contributed by atoms with Crippen molar-refractivity contribution in [3.63, 3.8) is 0 Å². The van der Waals surface area contributed by atoms with Crippen LogP contribution in [0.15, 0.2) is 24.3 Å². The first kappa shape index (κ1) is 16.2. The third kappa shape index (κ3) is 5.84. The average Bonchev–Trinajstić information content (AvgIpc) is 2.47. The third-order valence-corrected chi connectivity index (χ3v) is 2.96. The van der Waals surface area contributed by atoms with Gasteiger partial charge in [0, 0.05) is 12.1 Å². The van der Waals surface area contributed by atoms with E-state index in [1.807, 2.05) is 0 Å². The molecule has 0 aliphatic rings. The van der Waals surface area contributed by atoms with Gasteiger partial charge in [-0.1, -0.05) is 12.8 Å². The van der Waals surface area contributed by atoms with Gasteiger partial charge in [-0.05, 0) is 37.1 Å². The summed E-state index contributed by atoms with van der Waals surface area (Å²) >= 11 is 0. The van der Waals surface area contributed by atoms with Gasteiger partial charge in [0.1, 0.15) is 18.1 Å². The van der Waals surface area contributed by atoms with Crippen LogP contribution >= 0.6 is 0 Å². The number of benzene rings is 1. The van der Waals surface area contributed by atoms with E-state index in [0.29, 0.717) is 24.3 Å². The molecule has 1 aromatic carbocycles. The van der Waals surface area contributed by atoms with Crippen LogP contribution in [0.2, 0.25) is 0 Å². The Labute approximate surface area is 118 Å². The first-order chi connectivity index (χ1) is 9.67. The van der Waals surface area contributed by atoms with Crippen molar-refractivity contribution in [1.29, 1.82) is 0 Å². The Morgan fingerprint density at radius 1 is 1.30 bits per heavy atom. The Kier molecular flexibility index (Phi) is 7.35. The number of methoxy groups -OCH3 is 1. The number of ether oxygens (including phenoxy) is 1. The fourth-order valence-corrected chi connectivity index (χ4v) is 1.77. The molecule has 1 rings (SSSR count). The number of rotatable bonds is 9. The second kappa shape index (κ2) is 9.09. The zero-order valence-corrected chi connectivity index (χ0v) is 11.7. The lowest BCUT2D eigenvalue weighted by molar-refractivity contribution is -0.124. The fourth-order valence-electron chi connectivity index (χ4n) is 1.77. The number of aliphatic hydroxyl groups is 1. The molecule has 2 N–H and O–H groups in total. The maximum absolute atomic E-state index is 11.7. The zero-order chi connectivity index (χ0) is 14.8. The van der Waals surface area contributed by atoms with E-state index in [1.54, 1.807) is 31.4 Å².